The quantitative estimate of drug-likeness (QED) is 0.156. The molecule has 0 amide bonds. The molecule has 5 aromatic rings. The molecule has 0 N–H and O–H groups in total. The summed E-state index contributed by atoms with van der Waals surface area (Å²) in [7, 11) is 2.20. The summed E-state index contributed by atoms with van der Waals surface area (Å²) in [5.41, 5.74) is 8.68. The van der Waals surface area contributed by atoms with E-state index >= 15 is 0 Å². The van der Waals surface area contributed by atoms with Gasteiger partial charge in [-0.3, -0.25) is 0 Å². The Morgan fingerprint density at radius 3 is 2.38 bits per heavy atom. The molecule has 0 spiro atoms. The molecule has 7 rings (SSSR count). The summed E-state index contributed by atoms with van der Waals surface area (Å²) in [6, 6.07) is 18.8. The number of hydrogen-bond donors (Lipinski definition) is 0. The Morgan fingerprint density at radius 2 is 1.67 bits per heavy atom. The number of aryl methyl sites for hydroxylation is 3. The average molecular weight is 557 g/mol. The summed E-state index contributed by atoms with van der Waals surface area (Å²) in [5.74, 6) is 2.68. The van der Waals surface area contributed by atoms with Crippen LogP contribution in [-0.4, -0.2) is 0 Å². The Morgan fingerprint density at radius 1 is 0.905 bits per heavy atom. The van der Waals surface area contributed by atoms with Gasteiger partial charge in [-0.15, -0.1) is 0 Å². The topological polar surface area (TPSA) is 13.1 Å². The van der Waals surface area contributed by atoms with E-state index in [-0.39, 0.29) is 5.41 Å². The number of fused-ring (bicyclic) bond motifs is 5. The minimum absolute atomic E-state index is 0.128. The van der Waals surface area contributed by atoms with Crippen LogP contribution in [0.15, 0.2) is 54.7 Å². The van der Waals surface area contributed by atoms with E-state index in [1.54, 1.807) is 0 Å². The van der Waals surface area contributed by atoms with Gasteiger partial charge in [0.05, 0.1) is 10.9 Å². The van der Waals surface area contributed by atoms with Crippen molar-refractivity contribution in [2.75, 3.05) is 0 Å². The maximum absolute atomic E-state index is 7.20. The second-order valence-corrected chi connectivity index (χ2v) is 15.2. The molecule has 1 fully saturated rings. The standard InChI is InChI=1S/C40H46NO/c1-9-25-13-14-29-31(21-25)24(2)35-37-36-30(17-20-41(37)8)28-12-10-11-27(26-15-18-40(6,7)19-16-26)32(28)22-34(36)42-38(35)33(29)23-39(3,4)5/h10-14,17,20-22,26H,9,15-16,18-19,23H2,1-8H3/q+1. The van der Waals surface area contributed by atoms with Gasteiger partial charge in [-0.2, -0.15) is 0 Å². The number of ether oxygens (including phenoxy) is 1. The zero-order valence-corrected chi connectivity index (χ0v) is 26.9. The first-order valence-electron chi connectivity index (χ1n) is 16.1. The molecule has 2 heterocycles. The first-order valence-corrected chi connectivity index (χ1v) is 16.1. The zero-order chi connectivity index (χ0) is 29.6. The van der Waals surface area contributed by atoms with Crippen molar-refractivity contribution < 1.29 is 9.30 Å². The van der Waals surface area contributed by atoms with Gasteiger partial charge in [-0.05, 0) is 106 Å². The van der Waals surface area contributed by atoms with Crippen molar-refractivity contribution in [2.24, 2.45) is 17.9 Å². The molecule has 1 saturated carbocycles. The van der Waals surface area contributed by atoms with Crippen LogP contribution in [0.4, 0.5) is 0 Å². The predicted octanol–water partition coefficient (Wildman–Crippen LogP) is 10.9. The van der Waals surface area contributed by atoms with Crippen LogP contribution >= 0.6 is 0 Å². The number of rotatable bonds is 3. The van der Waals surface area contributed by atoms with E-state index in [0.717, 1.165) is 24.3 Å². The van der Waals surface area contributed by atoms with Crippen LogP contribution in [0.25, 0.3) is 43.6 Å². The van der Waals surface area contributed by atoms with Crippen LogP contribution in [0.2, 0.25) is 0 Å². The van der Waals surface area contributed by atoms with Gasteiger partial charge in [0, 0.05) is 17.0 Å². The SMILES string of the molecule is CCc1ccc2c(CC(C)(C)C)c3c(c(C)c2c1)-c1c2c(cc4c(C5CCC(C)(C)CC5)cccc4c2cc[n+]1C)O3. The molecule has 0 bridgehead atoms. The van der Waals surface area contributed by atoms with Crippen LogP contribution in [0.3, 0.4) is 0 Å². The molecule has 42 heavy (non-hydrogen) atoms. The Kier molecular flexibility index (Phi) is 6.25. The maximum atomic E-state index is 7.20. The summed E-state index contributed by atoms with van der Waals surface area (Å²) in [6.07, 6.45) is 9.38. The third-order valence-electron chi connectivity index (χ3n) is 10.3. The number of aromatic nitrogens is 1. The highest BCUT2D eigenvalue weighted by Crippen LogP contribution is 2.54. The van der Waals surface area contributed by atoms with Crippen molar-refractivity contribution in [1.82, 2.24) is 0 Å². The molecule has 0 saturated heterocycles. The molecule has 0 atom stereocenters. The second-order valence-electron chi connectivity index (χ2n) is 15.2. The fourth-order valence-corrected chi connectivity index (χ4v) is 7.93. The monoisotopic (exact) mass is 556 g/mol. The van der Waals surface area contributed by atoms with Gasteiger partial charge < -0.3 is 4.74 Å². The van der Waals surface area contributed by atoms with Crippen molar-refractivity contribution in [3.05, 3.63) is 77.0 Å². The number of pyridine rings is 1. The number of benzene rings is 4. The van der Waals surface area contributed by atoms with Gasteiger partial charge >= 0.3 is 0 Å². The van der Waals surface area contributed by atoms with E-state index in [4.69, 9.17) is 4.74 Å². The highest BCUT2D eigenvalue weighted by Gasteiger charge is 2.35. The van der Waals surface area contributed by atoms with Crippen molar-refractivity contribution in [3.8, 4) is 22.8 Å². The van der Waals surface area contributed by atoms with Gasteiger partial charge in [0.1, 0.15) is 18.5 Å². The normalized spacial score (nSPS) is 16.7. The summed E-state index contributed by atoms with van der Waals surface area (Å²) < 4.78 is 9.53. The van der Waals surface area contributed by atoms with Gasteiger partial charge in [0.15, 0.2) is 6.20 Å². The van der Waals surface area contributed by atoms with E-state index in [2.05, 4.69) is 115 Å². The van der Waals surface area contributed by atoms with E-state index in [1.165, 1.54) is 91.5 Å². The summed E-state index contributed by atoms with van der Waals surface area (Å²) in [4.78, 5) is 0. The molecule has 0 unspecified atom stereocenters. The van der Waals surface area contributed by atoms with Gasteiger partial charge in [0.2, 0.25) is 5.69 Å². The summed E-state index contributed by atoms with van der Waals surface area (Å²) >= 11 is 0. The van der Waals surface area contributed by atoms with E-state index in [9.17, 15) is 0 Å². The molecule has 2 aliphatic rings. The summed E-state index contributed by atoms with van der Waals surface area (Å²) in [6.45, 7) is 16.4. The number of hydrogen-bond acceptors (Lipinski definition) is 1. The largest absolute Gasteiger partial charge is 0.455 e. The fourth-order valence-electron chi connectivity index (χ4n) is 7.93. The number of nitrogens with zero attached hydrogens (tertiary/aromatic N) is 1. The van der Waals surface area contributed by atoms with Gasteiger partial charge in [-0.25, -0.2) is 4.57 Å². The molecule has 4 aromatic carbocycles. The lowest BCUT2D eigenvalue weighted by molar-refractivity contribution is -0.659. The van der Waals surface area contributed by atoms with Crippen molar-refractivity contribution in [1.29, 1.82) is 0 Å². The smallest absolute Gasteiger partial charge is 0.228 e. The molecule has 216 valence electrons. The minimum Gasteiger partial charge on any atom is -0.455 e. The van der Waals surface area contributed by atoms with Crippen LogP contribution in [0.1, 0.15) is 95.4 Å². The summed E-state index contributed by atoms with van der Waals surface area (Å²) in [5, 5.41) is 7.97. The lowest BCUT2D eigenvalue weighted by atomic mass is 9.70. The van der Waals surface area contributed by atoms with Crippen LogP contribution < -0.4 is 9.30 Å². The highest BCUT2D eigenvalue weighted by atomic mass is 16.5. The van der Waals surface area contributed by atoms with Crippen LogP contribution in [-0.2, 0) is 19.9 Å². The van der Waals surface area contributed by atoms with Gasteiger partial charge in [-0.1, -0.05) is 77.9 Å². The lowest BCUT2D eigenvalue weighted by Gasteiger charge is -2.35. The molecular formula is C40H46NO+. The Hall–Kier alpha value is -3.39. The molecular weight excluding hydrogens is 510 g/mol. The first-order chi connectivity index (χ1) is 20.0. The molecule has 0 radical (unpaired) electrons. The molecule has 1 aliphatic heterocycles. The average Bonchev–Trinajstić information content (AvgIpc) is 2.95. The zero-order valence-electron chi connectivity index (χ0n) is 26.9. The van der Waals surface area contributed by atoms with Crippen LogP contribution in [0.5, 0.6) is 11.5 Å². The van der Waals surface area contributed by atoms with Crippen molar-refractivity contribution in [2.45, 2.75) is 92.9 Å². The minimum atomic E-state index is 0.128. The fraction of sp³-hybridized carbons (Fsp3) is 0.425. The molecule has 1 aliphatic carbocycles. The molecule has 2 nitrogen and oxygen atoms in total. The predicted molar refractivity (Wildman–Crippen MR) is 178 cm³/mol. The third-order valence-corrected chi connectivity index (χ3v) is 10.3. The lowest BCUT2D eigenvalue weighted by Crippen LogP contribution is -2.32. The molecule has 1 aromatic heterocycles. The Labute approximate surface area is 251 Å². The Balaban J connectivity index is 1.54. The van der Waals surface area contributed by atoms with E-state index in [1.807, 2.05) is 0 Å². The second kappa shape index (κ2) is 9.56. The Bertz CT molecular complexity index is 1890. The van der Waals surface area contributed by atoms with Crippen molar-refractivity contribution in [3.63, 3.8) is 0 Å². The highest BCUT2D eigenvalue weighted by molar-refractivity contribution is 6.17. The van der Waals surface area contributed by atoms with E-state index in [0.29, 0.717) is 11.3 Å². The third kappa shape index (κ3) is 4.32. The van der Waals surface area contributed by atoms with Crippen molar-refractivity contribution >= 4 is 32.3 Å². The van der Waals surface area contributed by atoms with Gasteiger partial charge in [0.25, 0.3) is 0 Å². The first kappa shape index (κ1) is 27.4. The van der Waals surface area contributed by atoms with Crippen LogP contribution in [0, 0.1) is 17.8 Å². The maximum Gasteiger partial charge on any atom is 0.228 e. The molecule has 2 heteroatoms. The van der Waals surface area contributed by atoms with E-state index < -0.39 is 0 Å².